The molecule has 4 atom stereocenters. The first kappa shape index (κ1) is 17.3. The van der Waals surface area contributed by atoms with Crippen LogP contribution < -0.4 is 0 Å². The van der Waals surface area contributed by atoms with E-state index in [4.69, 9.17) is 9.15 Å². The number of hydrogen-bond acceptors (Lipinski definition) is 4. The second kappa shape index (κ2) is 5.76. The third-order valence-corrected chi connectivity index (χ3v) is 6.30. The van der Waals surface area contributed by atoms with Crippen molar-refractivity contribution in [2.24, 2.45) is 11.3 Å². The number of ether oxygens (including phenoxy) is 1. The quantitative estimate of drug-likeness (QED) is 0.664. The first-order chi connectivity index (χ1) is 11.2. The van der Waals surface area contributed by atoms with Gasteiger partial charge in [0.1, 0.15) is 11.9 Å². The molecule has 4 nitrogen and oxygen atoms in total. The molecule has 132 valence electrons. The first-order valence-electron chi connectivity index (χ1n) is 8.91. The lowest BCUT2D eigenvalue weighted by molar-refractivity contribution is -0.176. The summed E-state index contributed by atoms with van der Waals surface area (Å²) in [6, 6.07) is 0. The molecule has 2 aliphatic rings. The van der Waals surface area contributed by atoms with Crippen molar-refractivity contribution in [2.45, 2.75) is 72.0 Å². The van der Waals surface area contributed by atoms with Crippen LogP contribution in [0.2, 0.25) is 0 Å². The number of aryl methyl sites for hydroxylation is 1. The average molecular weight is 332 g/mol. The van der Waals surface area contributed by atoms with Gasteiger partial charge in [-0.25, -0.2) is 0 Å². The van der Waals surface area contributed by atoms with Crippen molar-refractivity contribution in [2.75, 3.05) is 0 Å². The second-order valence-corrected chi connectivity index (χ2v) is 7.80. The summed E-state index contributed by atoms with van der Waals surface area (Å²) in [6.45, 7) is 9.73. The molecule has 0 saturated heterocycles. The Balaban J connectivity index is 2.12. The number of rotatable bonds is 3. The minimum Gasteiger partial charge on any atom is -0.468 e. The molecular formula is C20H28O4. The molecule has 1 aromatic rings. The van der Waals surface area contributed by atoms with Crippen LogP contribution in [0.15, 0.2) is 22.3 Å². The Bertz CT molecular complexity index is 682. The number of hydrogen-bond donors (Lipinski definition) is 1. The Hall–Kier alpha value is -1.55. The zero-order valence-corrected chi connectivity index (χ0v) is 15.3. The van der Waals surface area contributed by atoms with Crippen molar-refractivity contribution in [3.63, 3.8) is 0 Å². The van der Waals surface area contributed by atoms with E-state index in [1.165, 1.54) is 0 Å². The fourth-order valence-electron chi connectivity index (χ4n) is 4.09. The van der Waals surface area contributed by atoms with E-state index in [-0.39, 0.29) is 11.9 Å². The highest BCUT2D eigenvalue weighted by Gasteiger charge is 2.58. The summed E-state index contributed by atoms with van der Waals surface area (Å²) in [5.74, 6) is 0.487. The topological polar surface area (TPSA) is 59.7 Å². The largest absolute Gasteiger partial charge is 0.468 e. The predicted molar refractivity (Wildman–Crippen MR) is 91.5 cm³/mol. The van der Waals surface area contributed by atoms with E-state index >= 15 is 0 Å². The van der Waals surface area contributed by atoms with Crippen molar-refractivity contribution in [3.05, 3.63) is 34.8 Å². The molecule has 0 aromatic carbocycles. The van der Waals surface area contributed by atoms with Gasteiger partial charge in [0.15, 0.2) is 0 Å². The number of allylic oxidation sites excluding steroid dienone is 1. The molecular weight excluding hydrogens is 304 g/mol. The maximum atomic E-state index is 12.6. The first-order valence-corrected chi connectivity index (χ1v) is 8.91. The standard InChI is InChI=1S/C20H28O4/c1-6-12(2)18(21)24-17-16-13(3)11-23-15(16)10-14-8-7-9-19(4,22)20(14,17)5/h8,11-12,17,22H,6-7,9-10H2,1-5H3. The molecule has 0 bridgehead atoms. The van der Waals surface area contributed by atoms with Crippen LogP contribution in [-0.4, -0.2) is 16.7 Å². The van der Waals surface area contributed by atoms with Gasteiger partial charge in [0, 0.05) is 12.0 Å². The van der Waals surface area contributed by atoms with E-state index < -0.39 is 17.1 Å². The van der Waals surface area contributed by atoms with Gasteiger partial charge in [-0.3, -0.25) is 4.79 Å². The number of carbonyl (C=O) groups excluding carboxylic acids is 1. The smallest absolute Gasteiger partial charge is 0.309 e. The van der Waals surface area contributed by atoms with Crippen LogP contribution in [0.4, 0.5) is 0 Å². The molecule has 0 aliphatic heterocycles. The maximum Gasteiger partial charge on any atom is 0.309 e. The van der Waals surface area contributed by atoms with Gasteiger partial charge in [-0.1, -0.05) is 25.5 Å². The number of carbonyl (C=O) groups is 1. The zero-order chi connectivity index (χ0) is 17.7. The summed E-state index contributed by atoms with van der Waals surface area (Å²) in [6.07, 6.45) is 6.30. The molecule has 1 aromatic heterocycles. The van der Waals surface area contributed by atoms with Gasteiger partial charge in [0.25, 0.3) is 0 Å². The van der Waals surface area contributed by atoms with Gasteiger partial charge < -0.3 is 14.3 Å². The lowest BCUT2D eigenvalue weighted by Gasteiger charge is -2.53. The highest BCUT2D eigenvalue weighted by Crippen LogP contribution is 2.59. The molecule has 0 amide bonds. The minimum atomic E-state index is -0.932. The fraction of sp³-hybridized carbons (Fsp3) is 0.650. The van der Waals surface area contributed by atoms with Crippen LogP contribution in [0.5, 0.6) is 0 Å². The Labute approximate surface area is 143 Å². The molecule has 4 unspecified atom stereocenters. The predicted octanol–water partition coefficient (Wildman–Crippen LogP) is 4.25. The number of aliphatic hydroxyl groups is 1. The second-order valence-electron chi connectivity index (χ2n) is 7.80. The van der Waals surface area contributed by atoms with E-state index in [2.05, 4.69) is 6.08 Å². The summed E-state index contributed by atoms with van der Waals surface area (Å²) in [5.41, 5.74) is 1.47. The lowest BCUT2D eigenvalue weighted by Crippen LogP contribution is -2.54. The highest BCUT2D eigenvalue weighted by molar-refractivity contribution is 5.72. The molecule has 3 rings (SSSR count). The third-order valence-electron chi connectivity index (χ3n) is 6.30. The van der Waals surface area contributed by atoms with E-state index in [9.17, 15) is 9.90 Å². The van der Waals surface area contributed by atoms with Crippen LogP contribution in [0.1, 0.15) is 69.9 Å². The van der Waals surface area contributed by atoms with Crippen molar-refractivity contribution < 1.29 is 19.1 Å². The van der Waals surface area contributed by atoms with E-state index in [0.717, 1.165) is 35.3 Å². The highest BCUT2D eigenvalue weighted by atomic mass is 16.5. The Morgan fingerprint density at radius 3 is 2.88 bits per heavy atom. The van der Waals surface area contributed by atoms with Gasteiger partial charge >= 0.3 is 5.97 Å². The lowest BCUT2D eigenvalue weighted by atomic mass is 9.56. The van der Waals surface area contributed by atoms with Gasteiger partial charge in [-0.05, 0) is 45.6 Å². The molecule has 24 heavy (non-hydrogen) atoms. The summed E-state index contributed by atoms with van der Waals surface area (Å²) in [5, 5.41) is 11.2. The van der Waals surface area contributed by atoms with Crippen LogP contribution in [0, 0.1) is 18.3 Å². The Morgan fingerprint density at radius 2 is 2.21 bits per heavy atom. The van der Waals surface area contributed by atoms with Gasteiger partial charge in [0.05, 0.1) is 23.2 Å². The van der Waals surface area contributed by atoms with Crippen molar-refractivity contribution in [1.82, 2.24) is 0 Å². The molecule has 0 fully saturated rings. The molecule has 0 saturated carbocycles. The number of furan rings is 1. The van der Waals surface area contributed by atoms with E-state index in [1.54, 1.807) is 6.26 Å². The fourth-order valence-corrected chi connectivity index (χ4v) is 4.09. The molecule has 4 heteroatoms. The number of fused-ring (bicyclic) bond motifs is 2. The minimum absolute atomic E-state index is 0.160. The van der Waals surface area contributed by atoms with Gasteiger partial charge in [-0.2, -0.15) is 0 Å². The monoisotopic (exact) mass is 332 g/mol. The van der Waals surface area contributed by atoms with Crippen LogP contribution in [0.3, 0.4) is 0 Å². The normalized spacial score (nSPS) is 33.2. The van der Waals surface area contributed by atoms with E-state index in [0.29, 0.717) is 12.8 Å². The molecule has 1 N–H and O–H groups in total. The van der Waals surface area contributed by atoms with Crippen LogP contribution >= 0.6 is 0 Å². The zero-order valence-electron chi connectivity index (χ0n) is 15.3. The van der Waals surface area contributed by atoms with E-state index in [1.807, 2.05) is 34.6 Å². The Kier molecular flexibility index (Phi) is 4.15. The summed E-state index contributed by atoms with van der Waals surface area (Å²) < 4.78 is 11.8. The summed E-state index contributed by atoms with van der Waals surface area (Å²) in [7, 11) is 0. The SMILES string of the molecule is CCC(C)C(=O)OC1c2c(C)coc2CC2=CCCC(C)(O)C21C. The summed E-state index contributed by atoms with van der Waals surface area (Å²) >= 11 is 0. The van der Waals surface area contributed by atoms with Crippen LogP contribution in [-0.2, 0) is 16.0 Å². The third kappa shape index (κ3) is 2.34. The Morgan fingerprint density at radius 1 is 1.50 bits per heavy atom. The average Bonchev–Trinajstić information content (AvgIpc) is 2.89. The van der Waals surface area contributed by atoms with Crippen molar-refractivity contribution in [1.29, 1.82) is 0 Å². The van der Waals surface area contributed by atoms with Crippen molar-refractivity contribution in [3.8, 4) is 0 Å². The van der Waals surface area contributed by atoms with Gasteiger partial charge in [-0.15, -0.1) is 0 Å². The molecule has 0 radical (unpaired) electrons. The maximum absolute atomic E-state index is 12.6. The van der Waals surface area contributed by atoms with Crippen molar-refractivity contribution >= 4 is 5.97 Å². The summed E-state index contributed by atoms with van der Waals surface area (Å²) in [4.78, 5) is 12.6. The molecule has 2 aliphatic carbocycles. The molecule has 1 heterocycles. The van der Waals surface area contributed by atoms with Gasteiger partial charge in [0.2, 0.25) is 0 Å². The molecule has 0 spiro atoms. The number of esters is 1. The van der Waals surface area contributed by atoms with Crippen LogP contribution in [0.25, 0.3) is 0 Å².